The SMILES string of the molecule is COC(=O)N[C@H](C(=O)N1CCC[C@H]1c1ncc(-c2ccc3c(c2)cc2n3C(c3ccc4c(c3)CCC(C)O4)Oc3cc(-c4cnc([C@@H]5CCCN5C(=O)CC(C)C)[nH]4)cc(F)c3-2)[nH]1)C(C)C. The second kappa shape index (κ2) is 17.3. The smallest absolute Gasteiger partial charge is 0.407 e. The van der Waals surface area contributed by atoms with Crippen LogP contribution in [0.4, 0.5) is 9.18 Å². The maximum atomic E-state index is 16.9. The molecule has 10 rings (SSSR count). The molecule has 3 aromatic heterocycles. The summed E-state index contributed by atoms with van der Waals surface area (Å²) in [6, 6.07) is 16.6. The molecule has 6 aromatic rings. The minimum absolute atomic E-state index is 0.126. The third-order valence-corrected chi connectivity index (χ3v) is 13.7. The van der Waals surface area contributed by atoms with Crippen LogP contribution in [0.3, 0.4) is 0 Å². The highest BCUT2D eigenvalue weighted by atomic mass is 19.1. The van der Waals surface area contributed by atoms with Crippen molar-refractivity contribution in [2.45, 2.75) is 110 Å². The standard InChI is InChI=1S/C51H57FN8O6/c1-27(2)19-44(61)58-17-7-9-39(58)47-54-26-37(56-47)33-22-35(52)45-41-23-34-20-30(36-25-53-48(55-36)40-10-8-18-59(40)49(62)46(28(3)4)57-51(63)64-6)13-15-38(34)60(41)50(66-43(45)24-33)32-14-16-42-31(21-32)12-11-29(5)65-42/h13-16,20-29,39-40,46,50H,7-12,17-19H2,1-6H3,(H,53,55)(H,54,56)(H,57,63)/t29?,39-,40-,46-,50?/m0/s1. The summed E-state index contributed by atoms with van der Waals surface area (Å²) in [6.07, 6.45) is 7.89. The number of nitrogens with one attached hydrogen (secondary N) is 3. The van der Waals surface area contributed by atoms with Crippen LogP contribution in [0.15, 0.2) is 67.0 Å². The largest absolute Gasteiger partial charge is 0.490 e. The van der Waals surface area contributed by atoms with Crippen molar-refractivity contribution in [2.75, 3.05) is 20.2 Å². The van der Waals surface area contributed by atoms with Crippen molar-refractivity contribution in [3.8, 4) is 45.3 Å². The Kier molecular flexibility index (Phi) is 11.3. The number of rotatable bonds is 10. The first kappa shape index (κ1) is 43.3. The highest BCUT2D eigenvalue weighted by Gasteiger charge is 2.38. The van der Waals surface area contributed by atoms with Gasteiger partial charge in [-0.25, -0.2) is 19.2 Å². The quantitative estimate of drug-likeness (QED) is 0.123. The average molecular weight is 897 g/mol. The Morgan fingerprint density at radius 1 is 0.848 bits per heavy atom. The number of amides is 3. The molecule has 5 atom stereocenters. The van der Waals surface area contributed by atoms with Crippen molar-refractivity contribution in [1.29, 1.82) is 0 Å². The third kappa shape index (κ3) is 7.85. The summed E-state index contributed by atoms with van der Waals surface area (Å²) in [5.41, 5.74) is 6.83. The van der Waals surface area contributed by atoms with Gasteiger partial charge in [-0.1, -0.05) is 33.8 Å². The normalized spacial score (nSPS) is 20.5. The van der Waals surface area contributed by atoms with Crippen LogP contribution in [0.5, 0.6) is 11.5 Å². The van der Waals surface area contributed by atoms with E-state index in [0.29, 0.717) is 59.4 Å². The molecule has 344 valence electrons. The monoisotopic (exact) mass is 896 g/mol. The molecule has 2 saturated heterocycles. The van der Waals surface area contributed by atoms with Crippen LogP contribution in [0.25, 0.3) is 44.7 Å². The number of aryl methyl sites for hydroxylation is 1. The highest BCUT2D eigenvalue weighted by Crippen LogP contribution is 2.48. The van der Waals surface area contributed by atoms with E-state index in [1.165, 1.54) is 13.2 Å². The molecule has 15 heteroatoms. The lowest BCUT2D eigenvalue weighted by atomic mass is 9.98. The fourth-order valence-corrected chi connectivity index (χ4v) is 10.3. The summed E-state index contributed by atoms with van der Waals surface area (Å²) in [6.45, 7) is 11.2. The van der Waals surface area contributed by atoms with Gasteiger partial charge in [0, 0.05) is 41.6 Å². The lowest BCUT2D eigenvalue weighted by Gasteiger charge is -2.32. The van der Waals surface area contributed by atoms with E-state index >= 15 is 4.39 Å². The molecule has 0 aliphatic carbocycles. The van der Waals surface area contributed by atoms with Crippen LogP contribution < -0.4 is 14.8 Å². The molecule has 0 bridgehead atoms. The van der Waals surface area contributed by atoms with Crippen molar-refractivity contribution in [3.63, 3.8) is 0 Å². The molecule has 0 radical (unpaired) electrons. The van der Waals surface area contributed by atoms with Crippen molar-refractivity contribution >= 4 is 28.8 Å². The van der Waals surface area contributed by atoms with Gasteiger partial charge in [0.25, 0.3) is 0 Å². The van der Waals surface area contributed by atoms with E-state index in [1.807, 2.05) is 55.1 Å². The van der Waals surface area contributed by atoms with Gasteiger partial charge in [0.2, 0.25) is 18.0 Å². The maximum absolute atomic E-state index is 16.9. The summed E-state index contributed by atoms with van der Waals surface area (Å²) in [5.74, 6) is 2.28. The van der Waals surface area contributed by atoms with Crippen LogP contribution in [0.1, 0.15) is 114 Å². The first-order chi connectivity index (χ1) is 31.8. The number of nitrogens with zero attached hydrogens (tertiary/aromatic N) is 5. The van der Waals surface area contributed by atoms with Gasteiger partial charge in [0.1, 0.15) is 35.0 Å². The number of carbonyl (C=O) groups is 3. The van der Waals surface area contributed by atoms with Crippen LogP contribution in [-0.4, -0.2) is 84.6 Å². The number of likely N-dealkylation sites (tertiary alicyclic amines) is 2. The number of alkyl carbamates (subject to hydrolysis) is 1. The van der Waals surface area contributed by atoms with Gasteiger partial charge in [-0.15, -0.1) is 0 Å². The molecule has 66 heavy (non-hydrogen) atoms. The molecule has 3 amide bonds. The van der Waals surface area contributed by atoms with Crippen molar-refractivity contribution in [2.24, 2.45) is 11.8 Å². The molecule has 2 unspecified atom stereocenters. The molecule has 0 spiro atoms. The molecule has 7 heterocycles. The Balaban J connectivity index is 0.999. The van der Waals surface area contributed by atoms with Gasteiger partial charge in [-0.2, -0.15) is 0 Å². The molecule has 4 aliphatic heterocycles. The zero-order valence-corrected chi connectivity index (χ0v) is 38.3. The highest BCUT2D eigenvalue weighted by molar-refractivity contribution is 5.93. The number of aromatic nitrogens is 5. The summed E-state index contributed by atoms with van der Waals surface area (Å²) in [7, 11) is 1.29. The lowest BCUT2D eigenvalue weighted by molar-refractivity contribution is -0.135. The number of fused-ring (bicyclic) bond motifs is 6. The number of methoxy groups -OCH3 is 1. The molecular weight excluding hydrogens is 840 g/mol. The van der Waals surface area contributed by atoms with Gasteiger partial charge in [-0.05, 0) is 111 Å². The second-order valence-corrected chi connectivity index (χ2v) is 19.1. The summed E-state index contributed by atoms with van der Waals surface area (Å²) in [4.78, 5) is 59.3. The van der Waals surface area contributed by atoms with Gasteiger partial charge in [-0.3, -0.25) is 9.59 Å². The molecule has 3 N–H and O–H groups in total. The van der Waals surface area contributed by atoms with Crippen molar-refractivity contribution < 1.29 is 33.0 Å². The third-order valence-electron chi connectivity index (χ3n) is 13.7. The zero-order valence-electron chi connectivity index (χ0n) is 38.3. The van der Waals surface area contributed by atoms with Gasteiger partial charge >= 0.3 is 6.09 Å². The summed E-state index contributed by atoms with van der Waals surface area (Å²) >= 11 is 0. The fraction of sp³-hybridized carbons (Fsp3) is 0.431. The number of aromatic amines is 2. The zero-order chi connectivity index (χ0) is 46.0. The van der Waals surface area contributed by atoms with E-state index in [-0.39, 0.29) is 41.8 Å². The first-order valence-corrected chi connectivity index (χ1v) is 23.3. The molecule has 4 aliphatic rings. The second-order valence-electron chi connectivity index (χ2n) is 19.1. The number of ether oxygens (including phenoxy) is 3. The predicted octanol–water partition coefficient (Wildman–Crippen LogP) is 9.63. The van der Waals surface area contributed by atoms with E-state index in [1.54, 1.807) is 17.3 Å². The lowest BCUT2D eigenvalue weighted by Crippen LogP contribution is -2.51. The van der Waals surface area contributed by atoms with Crippen LogP contribution >= 0.6 is 0 Å². The topological polar surface area (TPSA) is 160 Å². The molecule has 0 saturated carbocycles. The molecular formula is C51H57FN8O6. The van der Waals surface area contributed by atoms with E-state index in [4.69, 9.17) is 24.2 Å². The Labute approximate surface area is 383 Å². The van der Waals surface area contributed by atoms with Crippen LogP contribution in [0, 0.1) is 17.7 Å². The minimum Gasteiger partial charge on any atom is -0.490 e. The predicted molar refractivity (Wildman–Crippen MR) is 247 cm³/mol. The maximum Gasteiger partial charge on any atom is 0.407 e. The first-order valence-electron chi connectivity index (χ1n) is 23.3. The van der Waals surface area contributed by atoms with E-state index < -0.39 is 24.2 Å². The number of benzene rings is 3. The molecule has 2 fully saturated rings. The van der Waals surface area contributed by atoms with E-state index in [9.17, 15) is 14.4 Å². The Morgan fingerprint density at radius 3 is 2.27 bits per heavy atom. The molecule has 3 aromatic carbocycles. The fourth-order valence-electron chi connectivity index (χ4n) is 10.3. The summed E-state index contributed by atoms with van der Waals surface area (Å²) < 4.78 is 36.9. The van der Waals surface area contributed by atoms with Crippen LogP contribution in [0.2, 0.25) is 0 Å². The Morgan fingerprint density at radius 2 is 1.56 bits per heavy atom. The van der Waals surface area contributed by atoms with E-state index in [2.05, 4.69) is 52.8 Å². The Bertz CT molecular complexity index is 2840. The van der Waals surface area contributed by atoms with Crippen LogP contribution in [-0.2, 0) is 20.7 Å². The van der Waals surface area contributed by atoms with Crippen molar-refractivity contribution in [1.82, 2.24) is 39.6 Å². The van der Waals surface area contributed by atoms with Gasteiger partial charge in [0.15, 0.2) is 0 Å². The molecule has 14 nitrogen and oxygen atoms in total. The van der Waals surface area contributed by atoms with Gasteiger partial charge in [0.05, 0.1) is 65.9 Å². The van der Waals surface area contributed by atoms with Crippen molar-refractivity contribution in [3.05, 3.63) is 95.6 Å². The average Bonchev–Trinajstić information content (AvgIpc) is 4.16. The number of hydrogen-bond acceptors (Lipinski definition) is 8. The van der Waals surface area contributed by atoms with Gasteiger partial charge < -0.3 is 43.9 Å². The van der Waals surface area contributed by atoms with E-state index in [0.717, 1.165) is 77.6 Å². The Hall–Kier alpha value is -6.64. The number of carbonyl (C=O) groups excluding carboxylic acids is 3. The number of H-pyrrole nitrogens is 2. The number of hydrogen-bond donors (Lipinski definition) is 3. The summed E-state index contributed by atoms with van der Waals surface area (Å²) in [5, 5.41) is 3.60. The number of imidazole rings is 2. The number of halogens is 1. The minimum atomic E-state index is -0.734.